The van der Waals surface area contributed by atoms with Crippen molar-refractivity contribution in [2.24, 2.45) is 0 Å². The van der Waals surface area contributed by atoms with E-state index in [0.717, 1.165) is 17.9 Å². The number of aryl methyl sites for hydroxylation is 1. The van der Waals surface area contributed by atoms with Gasteiger partial charge in [0.15, 0.2) is 0 Å². The van der Waals surface area contributed by atoms with Gasteiger partial charge >= 0.3 is 0 Å². The van der Waals surface area contributed by atoms with E-state index in [-0.39, 0.29) is 6.04 Å². The standard InChI is InChI=1S/C14H24N2O2/c1-11-5-6-14(13(15)9-11)16(7-8-17-3)12(2)10-18-4/h5-6,9,12H,7-8,10,15H2,1-4H3. The van der Waals surface area contributed by atoms with Crippen LogP contribution >= 0.6 is 0 Å². The number of nitrogens with zero attached hydrogens (tertiary/aromatic N) is 1. The third-order valence-electron chi connectivity index (χ3n) is 2.97. The van der Waals surface area contributed by atoms with Crippen LogP contribution in [0.25, 0.3) is 0 Å². The Bertz CT molecular complexity index is 369. The lowest BCUT2D eigenvalue weighted by Gasteiger charge is -2.31. The number of nitrogens with two attached hydrogens (primary N) is 1. The minimum Gasteiger partial charge on any atom is -0.397 e. The molecule has 4 nitrogen and oxygen atoms in total. The van der Waals surface area contributed by atoms with Gasteiger partial charge in [0.05, 0.1) is 24.6 Å². The van der Waals surface area contributed by atoms with Crippen LogP contribution in [0.3, 0.4) is 0 Å². The normalized spacial score (nSPS) is 12.4. The van der Waals surface area contributed by atoms with Gasteiger partial charge in [-0.05, 0) is 31.5 Å². The number of hydrogen-bond acceptors (Lipinski definition) is 4. The van der Waals surface area contributed by atoms with E-state index >= 15 is 0 Å². The maximum atomic E-state index is 6.10. The van der Waals surface area contributed by atoms with E-state index in [0.29, 0.717) is 13.2 Å². The molecular formula is C14H24N2O2. The summed E-state index contributed by atoms with van der Waals surface area (Å²) in [6.07, 6.45) is 0. The van der Waals surface area contributed by atoms with Gasteiger partial charge in [-0.15, -0.1) is 0 Å². The molecule has 0 aliphatic heterocycles. The number of rotatable bonds is 7. The molecule has 0 radical (unpaired) electrons. The van der Waals surface area contributed by atoms with Crippen molar-refractivity contribution < 1.29 is 9.47 Å². The molecular weight excluding hydrogens is 228 g/mol. The first-order chi connectivity index (χ1) is 8.60. The molecule has 1 unspecified atom stereocenters. The van der Waals surface area contributed by atoms with E-state index in [2.05, 4.69) is 24.0 Å². The Hall–Kier alpha value is -1.26. The first-order valence-electron chi connectivity index (χ1n) is 6.20. The summed E-state index contributed by atoms with van der Waals surface area (Å²) < 4.78 is 10.4. The summed E-state index contributed by atoms with van der Waals surface area (Å²) in [4.78, 5) is 2.22. The third-order valence-corrected chi connectivity index (χ3v) is 2.97. The molecule has 0 saturated carbocycles. The highest BCUT2D eigenvalue weighted by Crippen LogP contribution is 2.25. The number of methoxy groups -OCH3 is 2. The highest BCUT2D eigenvalue weighted by Gasteiger charge is 2.16. The Morgan fingerprint density at radius 3 is 2.56 bits per heavy atom. The molecule has 2 N–H and O–H groups in total. The lowest BCUT2D eigenvalue weighted by atomic mass is 10.1. The van der Waals surface area contributed by atoms with E-state index < -0.39 is 0 Å². The zero-order valence-electron chi connectivity index (χ0n) is 11.8. The fraction of sp³-hybridized carbons (Fsp3) is 0.571. The molecule has 102 valence electrons. The van der Waals surface area contributed by atoms with E-state index in [1.165, 1.54) is 5.56 Å². The smallest absolute Gasteiger partial charge is 0.0663 e. The molecule has 1 aromatic rings. The van der Waals surface area contributed by atoms with Gasteiger partial charge in [0.2, 0.25) is 0 Å². The number of benzene rings is 1. The minimum atomic E-state index is 0.259. The van der Waals surface area contributed by atoms with E-state index in [9.17, 15) is 0 Å². The predicted octanol–water partition coefficient (Wildman–Crippen LogP) is 2.06. The Morgan fingerprint density at radius 2 is 2.00 bits per heavy atom. The van der Waals surface area contributed by atoms with Gasteiger partial charge in [-0.1, -0.05) is 6.07 Å². The molecule has 0 heterocycles. The first kappa shape index (κ1) is 14.8. The van der Waals surface area contributed by atoms with Crippen molar-refractivity contribution >= 4 is 11.4 Å². The van der Waals surface area contributed by atoms with Gasteiger partial charge < -0.3 is 20.1 Å². The van der Waals surface area contributed by atoms with Crippen LogP contribution < -0.4 is 10.6 Å². The minimum absolute atomic E-state index is 0.259. The molecule has 0 aliphatic carbocycles. The summed E-state index contributed by atoms with van der Waals surface area (Å²) in [6.45, 7) is 6.30. The summed E-state index contributed by atoms with van der Waals surface area (Å²) in [7, 11) is 3.42. The van der Waals surface area contributed by atoms with Crippen molar-refractivity contribution in [3.8, 4) is 0 Å². The van der Waals surface area contributed by atoms with Gasteiger partial charge in [-0.3, -0.25) is 0 Å². The average molecular weight is 252 g/mol. The Morgan fingerprint density at radius 1 is 1.28 bits per heavy atom. The van der Waals surface area contributed by atoms with Crippen molar-refractivity contribution in [3.63, 3.8) is 0 Å². The summed E-state index contributed by atoms with van der Waals surface area (Å²) in [5, 5.41) is 0. The first-order valence-corrected chi connectivity index (χ1v) is 6.20. The van der Waals surface area contributed by atoms with Crippen LogP contribution in [0.15, 0.2) is 18.2 Å². The van der Waals surface area contributed by atoms with Gasteiger partial charge in [0.1, 0.15) is 0 Å². The molecule has 0 fully saturated rings. The van der Waals surface area contributed by atoms with Crippen molar-refractivity contribution in [1.29, 1.82) is 0 Å². The molecule has 0 bridgehead atoms. The molecule has 1 rings (SSSR count). The Labute approximate surface area is 110 Å². The summed E-state index contributed by atoms with van der Waals surface area (Å²) in [6, 6.07) is 6.39. The molecule has 1 atom stereocenters. The molecule has 0 amide bonds. The molecule has 18 heavy (non-hydrogen) atoms. The zero-order chi connectivity index (χ0) is 13.5. The van der Waals surface area contributed by atoms with Gasteiger partial charge in [0.25, 0.3) is 0 Å². The number of ether oxygens (including phenoxy) is 2. The van der Waals surface area contributed by atoms with E-state index in [1.807, 2.05) is 13.0 Å². The molecule has 1 aromatic carbocycles. The maximum absolute atomic E-state index is 6.10. The van der Waals surface area contributed by atoms with Crippen LogP contribution in [-0.2, 0) is 9.47 Å². The van der Waals surface area contributed by atoms with Crippen molar-refractivity contribution in [3.05, 3.63) is 23.8 Å². The Balaban J connectivity index is 2.93. The maximum Gasteiger partial charge on any atom is 0.0663 e. The lowest BCUT2D eigenvalue weighted by Crippen LogP contribution is -2.39. The van der Waals surface area contributed by atoms with Crippen molar-refractivity contribution in [2.75, 3.05) is 44.6 Å². The molecule has 0 spiro atoms. The van der Waals surface area contributed by atoms with Gasteiger partial charge in [-0.25, -0.2) is 0 Å². The van der Waals surface area contributed by atoms with E-state index in [1.54, 1.807) is 14.2 Å². The Kier molecular flexibility index (Phi) is 5.95. The number of nitrogen functional groups attached to an aromatic ring is 1. The van der Waals surface area contributed by atoms with Crippen LogP contribution in [0.4, 0.5) is 11.4 Å². The molecule has 0 aliphatic rings. The summed E-state index contributed by atoms with van der Waals surface area (Å²) in [5.41, 5.74) is 9.12. The monoisotopic (exact) mass is 252 g/mol. The second-order valence-corrected chi connectivity index (χ2v) is 4.55. The van der Waals surface area contributed by atoms with Crippen LogP contribution in [-0.4, -0.2) is 40.0 Å². The second-order valence-electron chi connectivity index (χ2n) is 4.55. The highest BCUT2D eigenvalue weighted by atomic mass is 16.5. The largest absolute Gasteiger partial charge is 0.397 e. The van der Waals surface area contributed by atoms with Crippen LogP contribution in [0, 0.1) is 6.92 Å². The number of hydrogen-bond donors (Lipinski definition) is 1. The average Bonchev–Trinajstić information content (AvgIpc) is 2.32. The van der Waals surface area contributed by atoms with Crippen molar-refractivity contribution in [2.45, 2.75) is 19.9 Å². The fourth-order valence-electron chi connectivity index (χ4n) is 2.03. The van der Waals surface area contributed by atoms with Crippen LogP contribution in [0.1, 0.15) is 12.5 Å². The van der Waals surface area contributed by atoms with Gasteiger partial charge in [-0.2, -0.15) is 0 Å². The summed E-state index contributed by atoms with van der Waals surface area (Å²) in [5.74, 6) is 0. The predicted molar refractivity (Wildman–Crippen MR) is 76.2 cm³/mol. The topological polar surface area (TPSA) is 47.7 Å². The molecule has 0 aromatic heterocycles. The third kappa shape index (κ3) is 3.89. The molecule has 4 heteroatoms. The number of anilines is 2. The second kappa shape index (κ2) is 7.24. The fourth-order valence-corrected chi connectivity index (χ4v) is 2.03. The SMILES string of the molecule is COCCN(c1ccc(C)cc1N)C(C)COC. The van der Waals surface area contributed by atoms with Crippen molar-refractivity contribution in [1.82, 2.24) is 0 Å². The molecule has 0 saturated heterocycles. The van der Waals surface area contributed by atoms with Crippen LogP contribution in [0.2, 0.25) is 0 Å². The zero-order valence-corrected chi connectivity index (χ0v) is 11.8. The van der Waals surface area contributed by atoms with Gasteiger partial charge in [0, 0.05) is 26.8 Å². The van der Waals surface area contributed by atoms with Crippen LogP contribution in [0.5, 0.6) is 0 Å². The van der Waals surface area contributed by atoms with E-state index in [4.69, 9.17) is 15.2 Å². The highest BCUT2D eigenvalue weighted by molar-refractivity contribution is 5.68. The lowest BCUT2D eigenvalue weighted by molar-refractivity contribution is 0.171. The quantitative estimate of drug-likeness (QED) is 0.755. The summed E-state index contributed by atoms with van der Waals surface area (Å²) >= 11 is 0.